The number of aryl methyl sites for hydroxylation is 1. The van der Waals surface area contributed by atoms with Crippen LogP contribution in [0.25, 0.3) is 10.9 Å². The highest BCUT2D eigenvalue weighted by Crippen LogP contribution is 2.27. The number of carbonyl (C=O) groups is 1. The van der Waals surface area contributed by atoms with Crippen molar-refractivity contribution < 1.29 is 9.90 Å². The maximum absolute atomic E-state index is 10.7. The van der Waals surface area contributed by atoms with E-state index in [-0.39, 0.29) is 5.75 Å². The van der Waals surface area contributed by atoms with E-state index in [9.17, 15) is 9.90 Å². The van der Waals surface area contributed by atoms with Gasteiger partial charge in [0, 0.05) is 16.6 Å². The summed E-state index contributed by atoms with van der Waals surface area (Å²) >= 11 is 0. The van der Waals surface area contributed by atoms with Gasteiger partial charge in [0.2, 0.25) is 0 Å². The first-order valence-electron chi connectivity index (χ1n) is 3.99. The molecule has 0 atom stereocenters. The van der Waals surface area contributed by atoms with Gasteiger partial charge in [-0.3, -0.25) is 4.79 Å². The van der Waals surface area contributed by atoms with Crippen LogP contribution in [0.4, 0.5) is 0 Å². The van der Waals surface area contributed by atoms with Crippen molar-refractivity contribution in [1.29, 1.82) is 0 Å². The second-order valence-corrected chi connectivity index (χ2v) is 2.98. The number of aldehydes is 1. The lowest BCUT2D eigenvalue weighted by atomic mass is 10.1. The zero-order chi connectivity index (χ0) is 9.42. The van der Waals surface area contributed by atoms with E-state index < -0.39 is 0 Å². The molecule has 13 heavy (non-hydrogen) atoms. The van der Waals surface area contributed by atoms with E-state index in [4.69, 9.17) is 0 Å². The van der Waals surface area contributed by atoms with Crippen LogP contribution < -0.4 is 0 Å². The first-order valence-corrected chi connectivity index (χ1v) is 3.99. The molecule has 0 unspecified atom stereocenters. The summed E-state index contributed by atoms with van der Waals surface area (Å²) in [7, 11) is 0. The topological polar surface area (TPSA) is 53.1 Å². The van der Waals surface area contributed by atoms with Gasteiger partial charge in [0.1, 0.15) is 5.75 Å². The van der Waals surface area contributed by atoms with Crippen molar-refractivity contribution in [3.63, 3.8) is 0 Å². The highest BCUT2D eigenvalue weighted by atomic mass is 16.3. The summed E-state index contributed by atoms with van der Waals surface area (Å²) < 4.78 is 0. The number of para-hydroxylation sites is 1. The molecule has 2 aromatic rings. The highest BCUT2D eigenvalue weighted by Gasteiger charge is 2.08. The van der Waals surface area contributed by atoms with E-state index in [0.29, 0.717) is 11.1 Å². The number of aromatic hydroxyl groups is 1. The molecule has 3 heteroatoms. The monoisotopic (exact) mass is 175 g/mol. The number of phenolic OH excluding ortho intramolecular Hbond substituents is 1. The Morgan fingerprint density at radius 2 is 2.23 bits per heavy atom. The van der Waals surface area contributed by atoms with Gasteiger partial charge in [0.25, 0.3) is 0 Å². The number of rotatable bonds is 1. The molecule has 0 radical (unpaired) electrons. The maximum atomic E-state index is 10.7. The first-order chi connectivity index (χ1) is 6.24. The number of hydrogen-bond donors (Lipinski definition) is 2. The molecule has 66 valence electrons. The number of aromatic nitrogens is 1. The van der Waals surface area contributed by atoms with E-state index in [0.717, 1.165) is 17.4 Å². The number of H-pyrrole nitrogens is 1. The van der Waals surface area contributed by atoms with Crippen LogP contribution in [0, 0.1) is 6.92 Å². The molecule has 0 saturated heterocycles. The molecule has 1 aromatic carbocycles. The molecule has 1 heterocycles. The number of nitrogens with one attached hydrogen (secondary N) is 1. The lowest BCUT2D eigenvalue weighted by Crippen LogP contribution is -1.79. The molecule has 0 bridgehead atoms. The van der Waals surface area contributed by atoms with E-state index >= 15 is 0 Å². The predicted octanol–water partition coefficient (Wildman–Crippen LogP) is 1.99. The quantitative estimate of drug-likeness (QED) is 0.651. The number of phenols is 1. The fourth-order valence-electron chi connectivity index (χ4n) is 1.50. The largest absolute Gasteiger partial charge is 0.506 e. The average Bonchev–Trinajstić information content (AvgIpc) is 2.43. The molecule has 0 amide bonds. The minimum absolute atomic E-state index is 0.175. The molecule has 0 aliphatic rings. The number of hydrogen-bond acceptors (Lipinski definition) is 2. The van der Waals surface area contributed by atoms with Crippen LogP contribution in [0.15, 0.2) is 18.2 Å². The smallest absolute Gasteiger partial charge is 0.152 e. The van der Waals surface area contributed by atoms with Gasteiger partial charge in [0.15, 0.2) is 6.29 Å². The average molecular weight is 175 g/mol. The van der Waals surface area contributed by atoms with Gasteiger partial charge in [-0.15, -0.1) is 0 Å². The van der Waals surface area contributed by atoms with Crippen LogP contribution in [0.3, 0.4) is 0 Å². The number of benzene rings is 1. The summed E-state index contributed by atoms with van der Waals surface area (Å²) in [6.45, 7) is 1.81. The predicted molar refractivity (Wildman–Crippen MR) is 50.1 cm³/mol. The molecular formula is C10H9NO2. The second-order valence-electron chi connectivity index (χ2n) is 2.98. The molecule has 2 rings (SSSR count). The molecular weight excluding hydrogens is 166 g/mol. The van der Waals surface area contributed by atoms with Gasteiger partial charge in [-0.05, 0) is 13.0 Å². The molecule has 0 aliphatic heterocycles. The molecule has 1 aromatic heterocycles. The Labute approximate surface area is 75.0 Å². The van der Waals surface area contributed by atoms with Crippen molar-refractivity contribution in [3.8, 4) is 5.75 Å². The summed E-state index contributed by atoms with van der Waals surface area (Å²) in [5.41, 5.74) is 2.03. The molecule has 0 fully saturated rings. The third kappa shape index (κ3) is 1.01. The van der Waals surface area contributed by atoms with Gasteiger partial charge < -0.3 is 10.1 Å². The van der Waals surface area contributed by atoms with E-state index in [2.05, 4.69) is 4.98 Å². The van der Waals surface area contributed by atoms with Crippen molar-refractivity contribution in [2.24, 2.45) is 0 Å². The molecule has 3 nitrogen and oxygen atoms in total. The second kappa shape index (κ2) is 2.62. The molecule has 0 spiro atoms. The van der Waals surface area contributed by atoms with Crippen molar-refractivity contribution in [1.82, 2.24) is 4.98 Å². The van der Waals surface area contributed by atoms with Crippen molar-refractivity contribution in [3.05, 3.63) is 29.5 Å². The lowest BCUT2D eigenvalue weighted by Gasteiger charge is -1.92. The summed E-state index contributed by atoms with van der Waals surface area (Å²) in [5.74, 6) is 0.175. The van der Waals surface area contributed by atoms with Gasteiger partial charge in [-0.1, -0.05) is 12.1 Å². The molecule has 2 N–H and O–H groups in total. The summed E-state index contributed by atoms with van der Waals surface area (Å²) in [5, 5.41) is 10.2. The van der Waals surface area contributed by atoms with Gasteiger partial charge in [-0.25, -0.2) is 0 Å². The van der Waals surface area contributed by atoms with Crippen LogP contribution in [0.2, 0.25) is 0 Å². The Morgan fingerprint density at radius 3 is 2.92 bits per heavy atom. The van der Waals surface area contributed by atoms with Crippen LogP contribution in [0.5, 0.6) is 5.75 Å². The maximum Gasteiger partial charge on any atom is 0.152 e. The van der Waals surface area contributed by atoms with Crippen LogP contribution in [0.1, 0.15) is 16.1 Å². The minimum atomic E-state index is 0.175. The van der Waals surface area contributed by atoms with Crippen LogP contribution >= 0.6 is 0 Å². The Kier molecular flexibility index (Phi) is 1.59. The Balaban J connectivity index is 2.93. The van der Waals surface area contributed by atoms with Crippen molar-refractivity contribution in [2.45, 2.75) is 6.92 Å². The van der Waals surface area contributed by atoms with Crippen molar-refractivity contribution >= 4 is 17.2 Å². The van der Waals surface area contributed by atoms with E-state index in [1.165, 1.54) is 0 Å². The minimum Gasteiger partial charge on any atom is -0.506 e. The fourth-order valence-corrected chi connectivity index (χ4v) is 1.50. The molecule has 0 aliphatic carbocycles. The van der Waals surface area contributed by atoms with Crippen molar-refractivity contribution in [2.75, 3.05) is 0 Å². The summed E-state index contributed by atoms with van der Waals surface area (Å²) in [6.07, 6.45) is 0.799. The SMILES string of the molecule is Cc1[nH]c2c(O)cccc2c1C=O. The first kappa shape index (κ1) is 7.86. The van der Waals surface area contributed by atoms with Crippen LogP contribution in [-0.4, -0.2) is 16.4 Å². The Bertz CT molecular complexity index is 471. The fraction of sp³-hybridized carbons (Fsp3) is 0.100. The van der Waals surface area contributed by atoms with Crippen LogP contribution in [-0.2, 0) is 0 Å². The zero-order valence-electron chi connectivity index (χ0n) is 7.16. The van der Waals surface area contributed by atoms with E-state index in [1.54, 1.807) is 12.1 Å². The standard InChI is InChI=1S/C10H9NO2/c1-6-8(5-12)7-3-2-4-9(13)10(7)11-6/h2-5,11,13H,1H3. The zero-order valence-corrected chi connectivity index (χ0v) is 7.16. The van der Waals surface area contributed by atoms with Gasteiger partial charge in [0.05, 0.1) is 5.52 Å². The summed E-state index contributed by atoms with van der Waals surface area (Å²) in [4.78, 5) is 13.7. The Hall–Kier alpha value is -1.77. The van der Waals surface area contributed by atoms with Gasteiger partial charge >= 0.3 is 0 Å². The third-order valence-corrected chi connectivity index (χ3v) is 2.17. The third-order valence-electron chi connectivity index (χ3n) is 2.17. The normalized spacial score (nSPS) is 10.5. The lowest BCUT2D eigenvalue weighted by molar-refractivity contribution is 0.112. The number of carbonyl (C=O) groups excluding carboxylic acids is 1. The Morgan fingerprint density at radius 1 is 1.46 bits per heavy atom. The van der Waals surface area contributed by atoms with Gasteiger partial charge in [-0.2, -0.15) is 0 Å². The number of aromatic amines is 1. The highest BCUT2D eigenvalue weighted by molar-refractivity contribution is 6.00. The summed E-state index contributed by atoms with van der Waals surface area (Å²) in [6, 6.07) is 5.12. The van der Waals surface area contributed by atoms with E-state index in [1.807, 2.05) is 13.0 Å². The molecule has 0 saturated carbocycles. The number of fused-ring (bicyclic) bond motifs is 1.